The van der Waals surface area contributed by atoms with E-state index < -0.39 is 23.2 Å². The van der Waals surface area contributed by atoms with Crippen LogP contribution in [0.3, 0.4) is 0 Å². The van der Waals surface area contributed by atoms with E-state index >= 15 is 4.39 Å². The van der Waals surface area contributed by atoms with Gasteiger partial charge in [-0.15, -0.1) is 0 Å². The molecule has 32 heavy (non-hydrogen) atoms. The fourth-order valence-electron chi connectivity index (χ4n) is 4.20. The van der Waals surface area contributed by atoms with Crippen LogP contribution in [0.15, 0.2) is 48.5 Å². The van der Waals surface area contributed by atoms with Crippen LogP contribution in [0.25, 0.3) is 11.1 Å². The van der Waals surface area contributed by atoms with Gasteiger partial charge in [-0.1, -0.05) is 38.0 Å². The second-order valence-electron chi connectivity index (χ2n) is 8.05. The number of hydrogen-bond acceptors (Lipinski definition) is 3. The first-order valence-electron chi connectivity index (χ1n) is 10.9. The molecule has 1 aliphatic carbocycles. The van der Waals surface area contributed by atoms with Crippen LogP contribution in [-0.2, 0) is 19.3 Å². The van der Waals surface area contributed by atoms with Gasteiger partial charge in [-0.3, -0.25) is 0 Å². The third-order valence-electron chi connectivity index (χ3n) is 5.89. The standard InChI is InChI=1S/C27H23F2NO2/c1-2-3-4-5-17-8-12-21-19(14-17)9-13-22-23(21)15-24(28)25(26(22)29)27(31)32-20-10-6-18(16-30)7-11-20/h6-8,10-12,14-15H,2-5,9,13H2,1H3. The minimum absolute atomic E-state index is 0.117. The first-order valence-corrected chi connectivity index (χ1v) is 10.9. The first kappa shape index (κ1) is 21.7. The van der Waals surface area contributed by atoms with E-state index in [9.17, 15) is 9.18 Å². The Morgan fingerprint density at radius 3 is 2.53 bits per heavy atom. The Hall–Kier alpha value is -3.52. The highest BCUT2D eigenvalue weighted by atomic mass is 19.1. The molecule has 1 aliphatic rings. The monoisotopic (exact) mass is 431 g/mol. The summed E-state index contributed by atoms with van der Waals surface area (Å²) in [5.41, 5.74) is 3.68. The molecule has 0 N–H and O–H groups in total. The van der Waals surface area contributed by atoms with Gasteiger partial charge >= 0.3 is 5.97 Å². The molecular formula is C27H23F2NO2. The summed E-state index contributed by atoms with van der Waals surface area (Å²) in [6, 6.07) is 15.0. The van der Waals surface area contributed by atoms with Gasteiger partial charge in [-0.25, -0.2) is 13.6 Å². The van der Waals surface area contributed by atoms with Gasteiger partial charge in [0.2, 0.25) is 0 Å². The highest BCUT2D eigenvalue weighted by Gasteiger charge is 2.28. The van der Waals surface area contributed by atoms with E-state index in [1.165, 1.54) is 42.3 Å². The number of benzene rings is 3. The number of fused-ring (bicyclic) bond motifs is 3. The number of ether oxygens (including phenoxy) is 1. The first-order chi connectivity index (χ1) is 15.5. The van der Waals surface area contributed by atoms with Gasteiger partial charge in [-0.2, -0.15) is 5.26 Å². The Bertz CT molecular complexity index is 1210. The van der Waals surface area contributed by atoms with E-state index in [2.05, 4.69) is 13.0 Å². The van der Waals surface area contributed by atoms with Crippen molar-refractivity contribution in [3.63, 3.8) is 0 Å². The Balaban J connectivity index is 1.63. The van der Waals surface area contributed by atoms with Crippen LogP contribution in [0.2, 0.25) is 0 Å². The zero-order valence-corrected chi connectivity index (χ0v) is 17.9. The van der Waals surface area contributed by atoms with E-state index in [-0.39, 0.29) is 5.75 Å². The van der Waals surface area contributed by atoms with Gasteiger partial charge in [0.1, 0.15) is 22.9 Å². The van der Waals surface area contributed by atoms with Gasteiger partial charge in [0.25, 0.3) is 0 Å². The Morgan fingerprint density at radius 1 is 1.03 bits per heavy atom. The topological polar surface area (TPSA) is 50.1 Å². The SMILES string of the molecule is CCCCCc1ccc2c(c1)CCc1c-2cc(F)c(C(=O)Oc2ccc(C#N)cc2)c1F. The summed E-state index contributed by atoms with van der Waals surface area (Å²) in [5, 5.41) is 8.85. The second kappa shape index (κ2) is 9.32. The predicted octanol–water partition coefficient (Wildman–Crippen LogP) is 6.55. The smallest absolute Gasteiger partial charge is 0.349 e. The van der Waals surface area contributed by atoms with Crippen molar-refractivity contribution in [2.24, 2.45) is 0 Å². The summed E-state index contributed by atoms with van der Waals surface area (Å²) in [5.74, 6) is -2.79. The van der Waals surface area contributed by atoms with Crippen LogP contribution >= 0.6 is 0 Å². The molecular weight excluding hydrogens is 408 g/mol. The maximum atomic E-state index is 15.3. The molecule has 0 radical (unpaired) electrons. The fourth-order valence-corrected chi connectivity index (χ4v) is 4.20. The largest absolute Gasteiger partial charge is 0.423 e. The van der Waals surface area contributed by atoms with Crippen molar-refractivity contribution in [1.29, 1.82) is 5.26 Å². The third kappa shape index (κ3) is 4.27. The molecule has 3 aromatic carbocycles. The van der Waals surface area contributed by atoms with Crippen LogP contribution in [-0.4, -0.2) is 5.97 Å². The maximum Gasteiger partial charge on any atom is 0.349 e. The quantitative estimate of drug-likeness (QED) is 0.252. The average molecular weight is 431 g/mol. The molecule has 0 unspecified atom stereocenters. The van der Waals surface area contributed by atoms with Crippen LogP contribution in [0.4, 0.5) is 8.78 Å². The van der Waals surface area contributed by atoms with Gasteiger partial charge in [0, 0.05) is 0 Å². The highest BCUT2D eigenvalue weighted by molar-refractivity contribution is 5.93. The van der Waals surface area contributed by atoms with Crippen LogP contribution in [0, 0.1) is 23.0 Å². The highest BCUT2D eigenvalue weighted by Crippen LogP contribution is 2.38. The summed E-state index contributed by atoms with van der Waals surface area (Å²) in [4.78, 5) is 12.5. The molecule has 3 aromatic rings. The van der Waals surface area contributed by atoms with Gasteiger partial charge < -0.3 is 4.74 Å². The molecule has 5 heteroatoms. The van der Waals surface area contributed by atoms with Crippen LogP contribution < -0.4 is 4.74 Å². The Morgan fingerprint density at radius 2 is 1.81 bits per heavy atom. The molecule has 0 amide bonds. The summed E-state index contributed by atoms with van der Waals surface area (Å²) >= 11 is 0. The number of hydrogen-bond donors (Lipinski definition) is 0. The van der Waals surface area contributed by atoms with E-state index in [0.717, 1.165) is 30.4 Å². The molecule has 0 aliphatic heterocycles. The fraction of sp³-hybridized carbons (Fsp3) is 0.259. The van der Waals surface area contributed by atoms with Crippen molar-refractivity contribution < 1.29 is 18.3 Å². The van der Waals surface area contributed by atoms with Crippen molar-refractivity contribution in [2.75, 3.05) is 0 Å². The lowest BCUT2D eigenvalue weighted by molar-refractivity contribution is 0.0724. The molecule has 162 valence electrons. The minimum Gasteiger partial charge on any atom is -0.423 e. The normalized spacial score (nSPS) is 11.9. The number of carbonyl (C=O) groups excluding carboxylic acids is 1. The number of halogens is 2. The molecule has 0 spiro atoms. The van der Waals surface area contributed by atoms with Gasteiger partial charge in [-0.05, 0) is 83.8 Å². The van der Waals surface area contributed by atoms with Crippen molar-refractivity contribution in [2.45, 2.75) is 45.4 Å². The van der Waals surface area contributed by atoms with E-state index in [4.69, 9.17) is 10.00 Å². The van der Waals surface area contributed by atoms with Gasteiger partial charge in [0.15, 0.2) is 0 Å². The molecule has 4 rings (SSSR count). The summed E-state index contributed by atoms with van der Waals surface area (Å²) in [6.45, 7) is 2.17. The number of nitriles is 1. The minimum atomic E-state index is -1.09. The molecule has 3 nitrogen and oxygen atoms in total. The summed E-state index contributed by atoms with van der Waals surface area (Å²) in [7, 11) is 0. The lowest BCUT2D eigenvalue weighted by Gasteiger charge is -2.22. The van der Waals surface area contributed by atoms with Crippen molar-refractivity contribution in [3.05, 3.63) is 88.0 Å². The second-order valence-corrected chi connectivity index (χ2v) is 8.05. The van der Waals surface area contributed by atoms with Crippen molar-refractivity contribution in [3.8, 4) is 22.9 Å². The molecule has 0 saturated carbocycles. The molecule has 0 fully saturated rings. The van der Waals surface area contributed by atoms with E-state index in [0.29, 0.717) is 29.5 Å². The van der Waals surface area contributed by atoms with E-state index in [1.54, 1.807) is 0 Å². The van der Waals surface area contributed by atoms with Crippen LogP contribution in [0.1, 0.15) is 58.8 Å². The number of esters is 1. The number of rotatable bonds is 6. The Labute approximate surface area is 186 Å². The molecule has 0 atom stereocenters. The van der Waals surface area contributed by atoms with Crippen molar-refractivity contribution in [1.82, 2.24) is 0 Å². The number of unbranched alkanes of at least 4 members (excludes halogenated alkanes) is 2. The molecule has 0 bridgehead atoms. The average Bonchev–Trinajstić information content (AvgIpc) is 2.79. The van der Waals surface area contributed by atoms with E-state index in [1.807, 2.05) is 18.2 Å². The maximum absolute atomic E-state index is 15.3. The Kier molecular flexibility index (Phi) is 6.32. The molecule has 0 saturated heterocycles. The van der Waals surface area contributed by atoms with Crippen LogP contribution in [0.5, 0.6) is 5.75 Å². The summed E-state index contributed by atoms with van der Waals surface area (Å²) < 4.78 is 35.3. The lowest BCUT2D eigenvalue weighted by atomic mass is 9.83. The predicted molar refractivity (Wildman–Crippen MR) is 119 cm³/mol. The lowest BCUT2D eigenvalue weighted by Crippen LogP contribution is -2.17. The molecule has 0 heterocycles. The van der Waals surface area contributed by atoms with Gasteiger partial charge in [0.05, 0.1) is 11.6 Å². The van der Waals surface area contributed by atoms with Crippen molar-refractivity contribution >= 4 is 5.97 Å². The zero-order valence-electron chi connectivity index (χ0n) is 17.9. The zero-order chi connectivity index (χ0) is 22.7. The number of aryl methyl sites for hydroxylation is 2. The number of carbonyl (C=O) groups is 1. The summed E-state index contributed by atoms with van der Waals surface area (Å²) in [6.07, 6.45) is 5.49. The number of nitrogens with zero attached hydrogens (tertiary/aromatic N) is 1. The third-order valence-corrected chi connectivity index (χ3v) is 5.89. The molecule has 0 aromatic heterocycles.